The Morgan fingerprint density at radius 3 is 2.37 bits per heavy atom. The van der Waals surface area contributed by atoms with Gasteiger partial charge < -0.3 is 9.80 Å². The molecule has 1 heterocycles. The van der Waals surface area contributed by atoms with E-state index in [0.29, 0.717) is 37.4 Å². The van der Waals surface area contributed by atoms with Crippen molar-refractivity contribution >= 4 is 21.6 Å². The second-order valence-corrected chi connectivity index (χ2v) is 10.2. The van der Waals surface area contributed by atoms with Gasteiger partial charge in [0, 0.05) is 43.1 Å². The Hall–Kier alpha value is -3.32. The fourth-order valence-electron chi connectivity index (χ4n) is 4.04. The van der Waals surface area contributed by atoms with E-state index in [0.717, 1.165) is 25.0 Å². The highest BCUT2D eigenvalue weighted by atomic mass is 32.2. The summed E-state index contributed by atoms with van der Waals surface area (Å²) in [5.41, 5.74) is 3.11. The molecule has 6 nitrogen and oxygen atoms in total. The number of sulfonamides is 1. The lowest BCUT2D eigenvalue weighted by Crippen LogP contribution is -2.48. The minimum atomic E-state index is -3.82. The monoisotopic (exact) mass is 493 g/mol. The second-order valence-electron chi connectivity index (χ2n) is 8.54. The van der Waals surface area contributed by atoms with Gasteiger partial charge in [0.05, 0.1) is 4.90 Å². The summed E-state index contributed by atoms with van der Waals surface area (Å²) in [6.07, 6.45) is 10.9. The predicted octanol–water partition coefficient (Wildman–Crippen LogP) is 5.23. The van der Waals surface area contributed by atoms with Crippen molar-refractivity contribution in [2.24, 2.45) is 0 Å². The number of anilines is 1. The van der Waals surface area contributed by atoms with Gasteiger partial charge in [0.1, 0.15) is 0 Å². The number of nitrogens with zero attached hydrogens (tertiary/aromatic N) is 2. The maximum atomic E-state index is 13.1. The normalized spacial score (nSPS) is 14.9. The molecule has 0 spiro atoms. The van der Waals surface area contributed by atoms with Crippen LogP contribution in [0.5, 0.6) is 0 Å². The van der Waals surface area contributed by atoms with Crippen LogP contribution in [0.1, 0.15) is 42.6 Å². The fraction of sp³-hybridized carbons (Fsp3) is 0.321. The van der Waals surface area contributed by atoms with Crippen molar-refractivity contribution in [3.8, 4) is 0 Å². The molecule has 2 aromatic carbocycles. The van der Waals surface area contributed by atoms with Crippen molar-refractivity contribution in [3.63, 3.8) is 0 Å². The van der Waals surface area contributed by atoms with E-state index < -0.39 is 10.0 Å². The number of rotatable bonds is 10. The SMILES string of the molecule is C=CC=C(C=CC)N1CCN(C(=O)c2cccc(S(=O)(=O)Nc3ccc(CCCC)cc3)c2)CC1. The predicted molar refractivity (Wildman–Crippen MR) is 143 cm³/mol. The Labute approximate surface area is 209 Å². The molecule has 2 aromatic rings. The average molecular weight is 494 g/mol. The molecule has 1 N–H and O–H groups in total. The van der Waals surface area contributed by atoms with Gasteiger partial charge in [0.25, 0.3) is 15.9 Å². The molecule has 1 aliphatic rings. The zero-order valence-corrected chi connectivity index (χ0v) is 21.4. The summed E-state index contributed by atoms with van der Waals surface area (Å²) >= 11 is 0. The van der Waals surface area contributed by atoms with Gasteiger partial charge in [0.15, 0.2) is 0 Å². The van der Waals surface area contributed by atoms with Crippen LogP contribution in [-0.2, 0) is 16.4 Å². The van der Waals surface area contributed by atoms with Crippen LogP contribution < -0.4 is 4.72 Å². The molecule has 1 fully saturated rings. The van der Waals surface area contributed by atoms with Gasteiger partial charge in [-0.3, -0.25) is 9.52 Å². The number of benzene rings is 2. The second kappa shape index (κ2) is 12.4. The summed E-state index contributed by atoms with van der Waals surface area (Å²) < 4.78 is 28.6. The third kappa shape index (κ3) is 7.09. The first-order chi connectivity index (χ1) is 16.9. The summed E-state index contributed by atoms with van der Waals surface area (Å²) in [6, 6.07) is 13.7. The first-order valence-electron chi connectivity index (χ1n) is 12.1. The van der Waals surface area contributed by atoms with Crippen LogP contribution in [0.3, 0.4) is 0 Å². The van der Waals surface area contributed by atoms with Crippen LogP contribution in [0.25, 0.3) is 0 Å². The van der Waals surface area contributed by atoms with Crippen molar-refractivity contribution in [3.05, 3.63) is 96.2 Å². The molecule has 0 aliphatic carbocycles. The molecule has 35 heavy (non-hydrogen) atoms. The van der Waals surface area contributed by atoms with Crippen molar-refractivity contribution in [2.75, 3.05) is 30.9 Å². The van der Waals surface area contributed by atoms with Gasteiger partial charge >= 0.3 is 0 Å². The molecular formula is C28H35N3O3S. The summed E-state index contributed by atoms with van der Waals surface area (Å²) in [5, 5.41) is 0. The van der Waals surface area contributed by atoms with Crippen LogP contribution >= 0.6 is 0 Å². The molecule has 1 aliphatic heterocycles. The quantitative estimate of drug-likeness (QED) is 0.460. The maximum Gasteiger partial charge on any atom is 0.261 e. The van der Waals surface area contributed by atoms with E-state index in [4.69, 9.17) is 0 Å². The smallest absolute Gasteiger partial charge is 0.261 e. The molecule has 0 atom stereocenters. The molecule has 0 aromatic heterocycles. The Morgan fingerprint density at radius 2 is 1.74 bits per heavy atom. The summed E-state index contributed by atoms with van der Waals surface area (Å²) in [4.78, 5) is 17.2. The molecule has 0 radical (unpaired) electrons. The van der Waals surface area contributed by atoms with Gasteiger partial charge in [-0.25, -0.2) is 8.42 Å². The van der Waals surface area contributed by atoms with Gasteiger partial charge in [-0.05, 0) is 67.8 Å². The third-order valence-corrected chi connectivity index (χ3v) is 7.35. The van der Waals surface area contributed by atoms with Crippen molar-refractivity contribution in [2.45, 2.75) is 38.0 Å². The average Bonchev–Trinajstić information content (AvgIpc) is 2.88. The number of unbranched alkanes of at least 4 members (excludes halogenated alkanes) is 1. The number of amides is 1. The lowest BCUT2D eigenvalue weighted by atomic mass is 10.1. The Kier molecular flexibility index (Phi) is 9.32. The van der Waals surface area contributed by atoms with Crippen molar-refractivity contribution in [1.82, 2.24) is 9.80 Å². The molecule has 1 amide bonds. The minimum Gasteiger partial charge on any atom is -0.368 e. The molecule has 0 saturated carbocycles. The largest absolute Gasteiger partial charge is 0.368 e. The summed E-state index contributed by atoms with van der Waals surface area (Å²) in [5.74, 6) is -0.165. The Balaban J connectivity index is 1.67. The summed E-state index contributed by atoms with van der Waals surface area (Å²) in [6.45, 7) is 10.4. The van der Waals surface area contributed by atoms with E-state index in [1.807, 2.05) is 37.3 Å². The number of aryl methyl sites for hydroxylation is 1. The van der Waals surface area contributed by atoms with Crippen LogP contribution in [-0.4, -0.2) is 50.3 Å². The molecular weight excluding hydrogens is 458 g/mol. The maximum absolute atomic E-state index is 13.1. The van der Waals surface area contributed by atoms with E-state index in [-0.39, 0.29) is 10.8 Å². The summed E-state index contributed by atoms with van der Waals surface area (Å²) in [7, 11) is -3.82. The van der Waals surface area contributed by atoms with E-state index in [9.17, 15) is 13.2 Å². The van der Waals surface area contributed by atoms with Crippen LogP contribution in [0.2, 0.25) is 0 Å². The lowest BCUT2D eigenvalue weighted by Gasteiger charge is -2.36. The highest BCUT2D eigenvalue weighted by molar-refractivity contribution is 7.92. The van der Waals surface area contributed by atoms with Gasteiger partial charge in [0.2, 0.25) is 0 Å². The van der Waals surface area contributed by atoms with E-state index in [2.05, 4.69) is 23.1 Å². The first kappa shape index (κ1) is 26.3. The fourth-order valence-corrected chi connectivity index (χ4v) is 5.14. The molecule has 7 heteroatoms. The van der Waals surface area contributed by atoms with E-state index in [1.165, 1.54) is 17.7 Å². The lowest BCUT2D eigenvalue weighted by molar-refractivity contribution is 0.0672. The first-order valence-corrected chi connectivity index (χ1v) is 13.6. The molecule has 186 valence electrons. The van der Waals surface area contributed by atoms with Crippen LogP contribution in [0.15, 0.2) is 90.0 Å². The number of carbonyl (C=O) groups is 1. The Morgan fingerprint density at radius 1 is 1.06 bits per heavy atom. The van der Waals surface area contributed by atoms with E-state index in [1.54, 1.807) is 35.2 Å². The molecule has 3 rings (SSSR count). The minimum absolute atomic E-state index is 0.0707. The zero-order valence-electron chi connectivity index (χ0n) is 20.6. The van der Waals surface area contributed by atoms with Crippen LogP contribution in [0.4, 0.5) is 5.69 Å². The van der Waals surface area contributed by atoms with Crippen molar-refractivity contribution in [1.29, 1.82) is 0 Å². The molecule has 0 unspecified atom stereocenters. The highest BCUT2D eigenvalue weighted by Gasteiger charge is 2.24. The number of allylic oxidation sites excluding steroid dienone is 4. The number of piperazine rings is 1. The topological polar surface area (TPSA) is 69.7 Å². The van der Waals surface area contributed by atoms with Crippen LogP contribution in [0, 0.1) is 0 Å². The number of hydrogen-bond acceptors (Lipinski definition) is 4. The number of hydrogen-bond donors (Lipinski definition) is 1. The highest BCUT2D eigenvalue weighted by Crippen LogP contribution is 2.20. The number of carbonyl (C=O) groups excluding carboxylic acids is 1. The Bertz CT molecular complexity index is 1180. The third-order valence-electron chi connectivity index (χ3n) is 5.97. The van der Waals surface area contributed by atoms with E-state index >= 15 is 0 Å². The zero-order chi connectivity index (χ0) is 25.3. The van der Waals surface area contributed by atoms with Gasteiger partial charge in [-0.2, -0.15) is 0 Å². The van der Waals surface area contributed by atoms with Gasteiger partial charge in [-0.15, -0.1) is 0 Å². The molecule has 0 bridgehead atoms. The van der Waals surface area contributed by atoms with Gasteiger partial charge in [-0.1, -0.05) is 50.3 Å². The standard InChI is InChI=1S/C28H35N3O3S/c1-4-7-11-23-14-16-25(17-15-23)29-35(33,34)27-13-8-12-24(22-27)28(32)31-20-18-30(19-21-31)26(9-5-2)10-6-3/h5-6,8-10,12-17,22,29H,2,4,7,11,18-21H2,1,3H3. The number of nitrogens with one attached hydrogen (secondary N) is 1. The molecule has 1 saturated heterocycles. The van der Waals surface area contributed by atoms with Crippen molar-refractivity contribution < 1.29 is 13.2 Å².